The van der Waals surface area contributed by atoms with Crippen LogP contribution in [0.5, 0.6) is 0 Å². The van der Waals surface area contributed by atoms with Crippen LogP contribution in [0.3, 0.4) is 0 Å². The molecule has 0 atom stereocenters. The lowest BCUT2D eigenvalue weighted by Crippen LogP contribution is -2.47. The number of ketones is 1. The zero-order chi connectivity index (χ0) is 17.6. The van der Waals surface area contributed by atoms with Crippen LogP contribution in [0.25, 0.3) is 0 Å². The van der Waals surface area contributed by atoms with E-state index in [4.69, 9.17) is 0 Å². The van der Waals surface area contributed by atoms with E-state index in [1.807, 2.05) is 6.07 Å². The van der Waals surface area contributed by atoms with Crippen LogP contribution in [0.2, 0.25) is 0 Å². The molecule has 0 aliphatic carbocycles. The van der Waals surface area contributed by atoms with Crippen molar-refractivity contribution in [3.8, 4) is 0 Å². The summed E-state index contributed by atoms with van der Waals surface area (Å²) in [4.78, 5) is 16.5. The lowest BCUT2D eigenvalue weighted by Gasteiger charge is -2.34. The predicted octanol–water partition coefficient (Wildman–Crippen LogP) is 2.89. The topological polar surface area (TPSA) is 23.6 Å². The van der Waals surface area contributed by atoms with Crippen molar-refractivity contribution in [2.75, 3.05) is 32.7 Å². The van der Waals surface area contributed by atoms with Crippen molar-refractivity contribution in [1.82, 2.24) is 9.80 Å². The molecule has 1 aliphatic rings. The van der Waals surface area contributed by atoms with Gasteiger partial charge in [0.05, 0.1) is 6.54 Å². The number of carbonyl (C=O) groups excluding carboxylic acids is 1. The van der Waals surface area contributed by atoms with Gasteiger partial charge in [0.15, 0.2) is 5.78 Å². The molecule has 0 amide bonds. The van der Waals surface area contributed by atoms with Crippen molar-refractivity contribution in [3.63, 3.8) is 0 Å². The first-order valence-electron chi connectivity index (χ1n) is 8.55. The van der Waals surface area contributed by atoms with E-state index in [0.717, 1.165) is 26.2 Å². The first-order chi connectivity index (χ1) is 12.1. The highest BCUT2D eigenvalue weighted by Crippen LogP contribution is 2.13. The van der Waals surface area contributed by atoms with Crippen molar-refractivity contribution in [1.29, 1.82) is 0 Å². The highest BCUT2D eigenvalue weighted by Gasteiger charge is 2.20. The van der Waals surface area contributed by atoms with Crippen molar-refractivity contribution in [2.45, 2.75) is 13.0 Å². The molecule has 0 N–H and O–H groups in total. The van der Waals surface area contributed by atoms with Gasteiger partial charge in [-0.05, 0) is 17.7 Å². The monoisotopic (exact) mass is 344 g/mol. The predicted molar refractivity (Wildman–Crippen MR) is 93.2 cm³/mol. The van der Waals surface area contributed by atoms with E-state index in [1.165, 1.54) is 12.1 Å². The summed E-state index contributed by atoms with van der Waals surface area (Å²) in [7, 11) is 0. The number of hydrogen-bond donors (Lipinski definition) is 0. The molecular weight excluding hydrogens is 322 g/mol. The number of nitrogens with zero attached hydrogens (tertiary/aromatic N) is 2. The number of halogens is 2. The van der Waals surface area contributed by atoms with Gasteiger partial charge in [-0.25, -0.2) is 8.78 Å². The highest BCUT2D eigenvalue weighted by atomic mass is 19.1. The van der Waals surface area contributed by atoms with Crippen LogP contribution < -0.4 is 0 Å². The Kier molecular flexibility index (Phi) is 5.89. The van der Waals surface area contributed by atoms with Gasteiger partial charge in [0.1, 0.15) is 11.6 Å². The van der Waals surface area contributed by atoms with Gasteiger partial charge >= 0.3 is 0 Å². The summed E-state index contributed by atoms with van der Waals surface area (Å²) >= 11 is 0. The second kappa shape index (κ2) is 8.32. The van der Waals surface area contributed by atoms with Gasteiger partial charge in [0, 0.05) is 44.7 Å². The molecule has 0 spiro atoms. The molecule has 2 aromatic carbocycles. The average molecular weight is 344 g/mol. The first-order valence-corrected chi connectivity index (χ1v) is 8.55. The number of carbonyl (C=O) groups is 1. The lowest BCUT2D eigenvalue weighted by atomic mass is 10.1. The maximum Gasteiger partial charge on any atom is 0.151 e. The van der Waals surface area contributed by atoms with Gasteiger partial charge in [-0.1, -0.05) is 36.4 Å². The fourth-order valence-electron chi connectivity index (χ4n) is 3.13. The summed E-state index contributed by atoms with van der Waals surface area (Å²) < 4.78 is 27.3. The molecule has 3 rings (SSSR count). The van der Waals surface area contributed by atoms with Crippen LogP contribution in [0.15, 0.2) is 48.5 Å². The number of hydrogen-bond acceptors (Lipinski definition) is 3. The van der Waals surface area contributed by atoms with Crippen LogP contribution >= 0.6 is 0 Å². The molecule has 0 aromatic heterocycles. The molecule has 1 saturated heterocycles. The molecule has 1 fully saturated rings. The Labute approximate surface area is 146 Å². The Bertz CT molecular complexity index is 727. The zero-order valence-corrected chi connectivity index (χ0v) is 14.1. The van der Waals surface area contributed by atoms with Crippen molar-refractivity contribution >= 4 is 5.78 Å². The SMILES string of the molecule is O=C(Cc1ccccc1F)CN1CCN(Cc2ccccc2F)CC1. The van der Waals surface area contributed by atoms with Crippen molar-refractivity contribution in [2.24, 2.45) is 0 Å². The van der Waals surface area contributed by atoms with E-state index in [-0.39, 0.29) is 23.8 Å². The van der Waals surface area contributed by atoms with E-state index < -0.39 is 0 Å². The minimum atomic E-state index is -0.328. The van der Waals surface area contributed by atoms with Crippen LogP contribution in [-0.4, -0.2) is 48.3 Å². The smallest absolute Gasteiger partial charge is 0.151 e. The molecule has 0 radical (unpaired) electrons. The number of benzene rings is 2. The summed E-state index contributed by atoms with van der Waals surface area (Å²) in [6.07, 6.45) is 0.127. The summed E-state index contributed by atoms with van der Waals surface area (Å²) in [6, 6.07) is 13.2. The van der Waals surface area contributed by atoms with Gasteiger partial charge in [0.25, 0.3) is 0 Å². The Morgan fingerprint density at radius 3 is 1.92 bits per heavy atom. The minimum absolute atomic E-state index is 0.0210. The fraction of sp³-hybridized carbons (Fsp3) is 0.350. The molecule has 1 aliphatic heterocycles. The van der Waals surface area contributed by atoms with Crippen LogP contribution in [0.1, 0.15) is 11.1 Å². The zero-order valence-electron chi connectivity index (χ0n) is 14.1. The van der Waals surface area contributed by atoms with Gasteiger partial charge < -0.3 is 0 Å². The number of piperazine rings is 1. The molecule has 5 heteroatoms. The second-order valence-electron chi connectivity index (χ2n) is 6.45. The third-order valence-electron chi connectivity index (χ3n) is 4.56. The second-order valence-corrected chi connectivity index (χ2v) is 6.45. The quantitative estimate of drug-likeness (QED) is 0.805. The third kappa shape index (κ3) is 4.94. The maximum absolute atomic E-state index is 13.7. The normalized spacial score (nSPS) is 16.1. The van der Waals surface area contributed by atoms with E-state index >= 15 is 0 Å². The molecule has 3 nitrogen and oxygen atoms in total. The van der Waals surface area contributed by atoms with Gasteiger partial charge in [0.2, 0.25) is 0 Å². The molecule has 0 bridgehead atoms. The highest BCUT2D eigenvalue weighted by molar-refractivity contribution is 5.82. The third-order valence-corrected chi connectivity index (χ3v) is 4.56. The summed E-state index contributed by atoms with van der Waals surface area (Å²) in [5.74, 6) is -0.483. The standard InChI is InChI=1S/C20H22F2N2O/c21-19-7-3-1-5-16(19)13-18(25)15-24-11-9-23(10-12-24)14-17-6-2-4-8-20(17)22/h1-8H,9-15H2. The van der Waals surface area contributed by atoms with E-state index in [2.05, 4.69) is 9.80 Å². The van der Waals surface area contributed by atoms with Crippen LogP contribution in [0, 0.1) is 11.6 Å². The molecule has 1 heterocycles. The van der Waals surface area contributed by atoms with Gasteiger partial charge in [-0.15, -0.1) is 0 Å². The number of Topliss-reactive ketones (excluding diaryl/α,β-unsaturated/α-hetero) is 1. The van der Waals surface area contributed by atoms with Crippen molar-refractivity contribution < 1.29 is 13.6 Å². The van der Waals surface area contributed by atoms with E-state index in [1.54, 1.807) is 30.3 Å². The van der Waals surface area contributed by atoms with Crippen LogP contribution in [-0.2, 0) is 17.8 Å². The Morgan fingerprint density at radius 2 is 1.32 bits per heavy atom. The average Bonchev–Trinajstić information content (AvgIpc) is 2.61. The summed E-state index contributed by atoms with van der Waals surface area (Å²) in [6.45, 7) is 4.03. The Hall–Kier alpha value is -2.11. The van der Waals surface area contributed by atoms with Crippen LogP contribution in [0.4, 0.5) is 8.78 Å². The fourth-order valence-corrected chi connectivity index (χ4v) is 3.13. The van der Waals surface area contributed by atoms with Gasteiger partial charge in [-0.2, -0.15) is 0 Å². The van der Waals surface area contributed by atoms with E-state index in [9.17, 15) is 13.6 Å². The van der Waals surface area contributed by atoms with Gasteiger partial charge in [-0.3, -0.25) is 14.6 Å². The van der Waals surface area contributed by atoms with Crippen molar-refractivity contribution in [3.05, 3.63) is 71.3 Å². The molecule has 2 aromatic rings. The number of rotatable bonds is 6. The molecular formula is C20H22F2N2O. The minimum Gasteiger partial charge on any atom is -0.298 e. The summed E-state index contributed by atoms with van der Waals surface area (Å²) in [5.41, 5.74) is 1.15. The molecule has 25 heavy (non-hydrogen) atoms. The molecule has 0 saturated carbocycles. The summed E-state index contributed by atoms with van der Waals surface area (Å²) in [5, 5.41) is 0. The molecule has 132 valence electrons. The Balaban J connectivity index is 1.45. The maximum atomic E-state index is 13.7. The lowest BCUT2D eigenvalue weighted by molar-refractivity contribution is -0.120. The Morgan fingerprint density at radius 1 is 0.800 bits per heavy atom. The van der Waals surface area contributed by atoms with E-state index in [0.29, 0.717) is 24.2 Å². The largest absolute Gasteiger partial charge is 0.298 e. The molecule has 0 unspecified atom stereocenters. The first kappa shape index (κ1) is 17.7.